The van der Waals surface area contributed by atoms with Gasteiger partial charge < -0.3 is 10.5 Å². The van der Waals surface area contributed by atoms with Crippen LogP contribution in [0.5, 0.6) is 11.5 Å². The second kappa shape index (κ2) is 6.39. The molecule has 2 nitrogen and oxygen atoms in total. The van der Waals surface area contributed by atoms with E-state index in [1.165, 1.54) is 5.56 Å². The molecule has 0 bridgehead atoms. The van der Waals surface area contributed by atoms with E-state index in [4.69, 9.17) is 10.5 Å². The molecule has 0 aromatic heterocycles. The summed E-state index contributed by atoms with van der Waals surface area (Å²) < 4.78 is 5.90. The quantitative estimate of drug-likeness (QED) is 0.856. The fraction of sp³-hybridized carbons (Fsp3) is 0.294. The van der Waals surface area contributed by atoms with Crippen LogP contribution in [0.25, 0.3) is 0 Å². The smallest absolute Gasteiger partial charge is 0.127 e. The van der Waals surface area contributed by atoms with Gasteiger partial charge in [0.2, 0.25) is 0 Å². The Bertz CT molecular complexity index is 536. The molecule has 2 heteroatoms. The molecule has 0 spiro atoms. The lowest BCUT2D eigenvalue weighted by atomic mass is 10.1. The zero-order valence-electron chi connectivity index (χ0n) is 11.6. The molecule has 1 atom stereocenters. The first kappa shape index (κ1) is 13.6. The Balaban J connectivity index is 2.18. The summed E-state index contributed by atoms with van der Waals surface area (Å²) in [6, 6.07) is 16.3. The number of rotatable bonds is 5. The van der Waals surface area contributed by atoms with Gasteiger partial charge in [0.25, 0.3) is 0 Å². The highest BCUT2D eigenvalue weighted by Crippen LogP contribution is 2.25. The number of aryl methyl sites for hydroxylation is 1. The molecule has 2 aromatic rings. The number of hydrogen-bond donors (Lipinski definition) is 1. The third-order valence-corrected chi connectivity index (χ3v) is 3.27. The molecule has 0 saturated carbocycles. The Kier molecular flexibility index (Phi) is 4.58. The summed E-state index contributed by atoms with van der Waals surface area (Å²) in [5.41, 5.74) is 8.44. The molecule has 19 heavy (non-hydrogen) atoms. The molecule has 2 N–H and O–H groups in total. The van der Waals surface area contributed by atoms with Crippen LogP contribution >= 0.6 is 0 Å². The lowest BCUT2D eigenvalue weighted by Gasteiger charge is -2.12. The van der Waals surface area contributed by atoms with E-state index in [1.54, 1.807) is 0 Å². The molecule has 0 radical (unpaired) electrons. The summed E-state index contributed by atoms with van der Waals surface area (Å²) in [5, 5.41) is 0. The third kappa shape index (κ3) is 3.58. The monoisotopic (exact) mass is 255 g/mol. The van der Waals surface area contributed by atoms with Gasteiger partial charge in [-0.05, 0) is 48.2 Å². The van der Waals surface area contributed by atoms with Crippen molar-refractivity contribution in [2.24, 2.45) is 5.73 Å². The van der Waals surface area contributed by atoms with Gasteiger partial charge in [-0.3, -0.25) is 0 Å². The van der Waals surface area contributed by atoms with Crippen LogP contribution in [0.15, 0.2) is 48.5 Å². The van der Waals surface area contributed by atoms with Crippen LogP contribution in [0.3, 0.4) is 0 Å². The first-order chi connectivity index (χ1) is 9.22. The van der Waals surface area contributed by atoms with Crippen LogP contribution in [0.4, 0.5) is 0 Å². The maximum absolute atomic E-state index is 6.05. The predicted octanol–water partition coefficient (Wildman–Crippen LogP) is 4.45. The summed E-state index contributed by atoms with van der Waals surface area (Å²) in [4.78, 5) is 0. The second-order valence-electron chi connectivity index (χ2n) is 4.69. The van der Waals surface area contributed by atoms with Crippen LogP contribution in [0.1, 0.15) is 37.4 Å². The minimum absolute atomic E-state index is 0.0746. The largest absolute Gasteiger partial charge is 0.457 e. The Labute approximate surface area is 115 Å². The van der Waals surface area contributed by atoms with Gasteiger partial charge in [-0.15, -0.1) is 0 Å². The van der Waals surface area contributed by atoms with E-state index < -0.39 is 0 Å². The van der Waals surface area contributed by atoms with E-state index in [2.05, 4.69) is 26.0 Å². The average Bonchev–Trinajstić information content (AvgIpc) is 2.47. The number of benzene rings is 2. The van der Waals surface area contributed by atoms with Gasteiger partial charge >= 0.3 is 0 Å². The minimum Gasteiger partial charge on any atom is -0.457 e. The van der Waals surface area contributed by atoms with Crippen molar-refractivity contribution in [2.75, 3.05) is 0 Å². The summed E-state index contributed by atoms with van der Waals surface area (Å²) in [5.74, 6) is 1.72. The Hall–Kier alpha value is -1.80. The van der Waals surface area contributed by atoms with Gasteiger partial charge in [-0.25, -0.2) is 0 Å². The van der Waals surface area contributed by atoms with Crippen molar-refractivity contribution < 1.29 is 4.74 Å². The maximum Gasteiger partial charge on any atom is 0.127 e. The topological polar surface area (TPSA) is 35.2 Å². The van der Waals surface area contributed by atoms with Crippen molar-refractivity contribution in [3.05, 3.63) is 59.7 Å². The van der Waals surface area contributed by atoms with Gasteiger partial charge in [-0.1, -0.05) is 38.1 Å². The summed E-state index contributed by atoms with van der Waals surface area (Å²) in [7, 11) is 0. The van der Waals surface area contributed by atoms with Gasteiger partial charge in [0, 0.05) is 6.04 Å². The fourth-order valence-corrected chi connectivity index (χ4v) is 2.01. The van der Waals surface area contributed by atoms with Crippen molar-refractivity contribution in [3.63, 3.8) is 0 Å². The summed E-state index contributed by atoms with van der Waals surface area (Å²) in [6.07, 6.45) is 1.94. The number of nitrogens with two attached hydrogens (primary N) is 1. The van der Waals surface area contributed by atoms with Crippen molar-refractivity contribution in [3.8, 4) is 11.5 Å². The van der Waals surface area contributed by atoms with Crippen LogP contribution in [0.2, 0.25) is 0 Å². The molecule has 0 aliphatic heterocycles. The van der Waals surface area contributed by atoms with Crippen molar-refractivity contribution in [1.82, 2.24) is 0 Å². The SMILES string of the molecule is CCc1cccc(Oc2cccc(C(N)CC)c2)c1. The van der Waals surface area contributed by atoms with Gasteiger partial charge in [0.15, 0.2) is 0 Å². The predicted molar refractivity (Wildman–Crippen MR) is 79.6 cm³/mol. The van der Waals surface area contributed by atoms with Crippen LogP contribution < -0.4 is 10.5 Å². The van der Waals surface area contributed by atoms with E-state index in [0.29, 0.717) is 0 Å². The molecule has 100 valence electrons. The summed E-state index contributed by atoms with van der Waals surface area (Å²) in [6.45, 7) is 4.23. The highest BCUT2D eigenvalue weighted by molar-refractivity contribution is 5.36. The highest BCUT2D eigenvalue weighted by atomic mass is 16.5. The average molecular weight is 255 g/mol. The van der Waals surface area contributed by atoms with Gasteiger partial charge in [-0.2, -0.15) is 0 Å². The first-order valence-corrected chi connectivity index (χ1v) is 6.85. The molecule has 2 aromatic carbocycles. The van der Waals surface area contributed by atoms with Gasteiger partial charge in [0.05, 0.1) is 0 Å². The van der Waals surface area contributed by atoms with Crippen LogP contribution in [-0.2, 0) is 6.42 Å². The van der Waals surface area contributed by atoms with E-state index in [1.807, 2.05) is 36.4 Å². The van der Waals surface area contributed by atoms with Crippen molar-refractivity contribution >= 4 is 0 Å². The zero-order valence-corrected chi connectivity index (χ0v) is 11.6. The highest BCUT2D eigenvalue weighted by Gasteiger charge is 2.05. The van der Waals surface area contributed by atoms with Crippen molar-refractivity contribution in [2.45, 2.75) is 32.7 Å². The van der Waals surface area contributed by atoms with E-state index >= 15 is 0 Å². The molecule has 0 saturated heterocycles. The molecule has 0 fully saturated rings. The number of ether oxygens (including phenoxy) is 1. The molecule has 1 unspecified atom stereocenters. The van der Waals surface area contributed by atoms with Crippen molar-refractivity contribution in [1.29, 1.82) is 0 Å². The Morgan fingerprint density at radius 2 is 1.68 bits per heavy atom. The lowest BCUT2D eigenvalue weighted by molar-refractivity contribution is 0.480. The molecular formula is C17H21NO. The number of hydrogen-bond acceptors (Lipinski definition) is 2. The minimum atomic E-state index is 0.0746. The molecule has 2 rings (SSSR count). The first-order valence-electron chi connectivity index (χ1n) is 6.85. The zero-order chi connectivity index (χ0) is 13.7. The van der Waals surface area contributed by atoms with Crippen LogP contribution in [-0.4, -0.2) is 0 Å². The molecule has 0 heterocycles. The lowest BCUT2D eigenvalue weighted by Crippen LogP contribution is -2.08. The standard InChI is InChI=1S/C17H21NO/c1-3-13-7-5-9-15(11-13)19-16-10-6-8-14(12-16)17(18)4-2/h5-12,17H,3-4,18H2,1-2H3. The van der Waals surface area contributed by atoms with E-state index in [9.17, 15) is 0 Å². The fourth-order valence-electron chi connectivity index (χ4n) is 2.01. The van der Waals surface area contributed by atoms with Gasteiger partial charge in [0.1, 0.15) is 11.5 Å². The Morgan fingerprint density at radius 3 is 2.37 bits per heavy atom. The molecular weight excluding hydrogens is 234 g/mol. The molecule has 0 amide bonds. The van der Waals surface area contributed by atoms with Crippen LogP contribution in [0, 0.1) is 0 Å². The molecule has 0 aliphatic carbocycles. The maximum atomic E-state index is 6.05. The third-order valence-electron chi connectivity index (χ3n) is 3.27. The normalized spacial score (nSPS) is 12.2. The molecule has 0 aliphatic rings. The second-order valence-corrected chi connectivity index (χ2v) is 4.69. The summed E-state index contributed by atoms with van der Waals surface area (Å²) >= 11 is 0. The van der Waals surface area contributed by atoms with E-state index in [-0.39, 0.29) is 6.04 Å². The van der Waals surface area contributed by atoms with E-state index in [0.717, 1.165) is 29.9 Å². The Morgan fingerprint density at radius 1 is 1.00 bits per heavy atom.